The second-order valence-electron chi connectivity index (χ2n) is 6.25. The maximum atomic E-state index is 12.8. The minimum absolute atomic E-state index is 0.0432. The molecule has 2 heterocycles. The highest BCUT2D eigenvalue weighted by Crippen LogP contribution is 2.44. The summed E-state index contributed by atoms with van der Waals surface area (Å²) in [4.78, 5) is 2.28. The number of piperidine rings is 1. The Balaban J connectivity index is 1.96. The number of halogens is 3. The zero-order chi connectivity index (χ0) is 15.3. The summed E-state index contributed by atoms with van der Waals surface area (Å²) >= 11 is 0. The highest BCUT2D eigenvalue weighted by molar-refractivity contribution is 5.38. The van der Waals surface area contributed by atoms with Crippen molar-refractivity contribution < 1.29 is 18.3 Å². The topological polar surface area (TPSA) is 23.5 Å². The smallest absolute Gasteiger partial charge is 0.383 e. The third kappa shape index (κ3) is 2.46. The normalized spacial score (nSPS) is 30.4. The Labute approximate surface area is 122 Å². The first-order valence-electron chi connectivity index (χ1n) is 7.47. The molecule has 2 aliphatic heterocycles. The van der Waals surface area contributed by atoms with Gasteiger partial charge in [-0.15, -0.1) is 0 Å². The molecule has 1 aromatic carbocycles. The average Bonchev–Trinajstić information content (AvgIpc) is 2.77. The quantitative estimate of drug-likeness (QED) is 0.858. The van der Waals surface area contributed by atoms with Gasteiger partial charge in [-0.3, -0.25) is 4.90 Å². The molecule has 0 saturated carbocycles. The number of hydrogen-bond donors (Lipinski definition) is 1. The number of alkyl halides is 3. The van der Waals surface area contributed by atoms with E-state index in [0.29, 0.717) is 17.5 Å². The number of aliphatic hydroxyl groups is 1. The molecule has 0 amide bonds. The lowest BCUT2D eigenvalue weighted by atomic mass is 9.80. The molecule has 1 N–H and O–H groups in total. The molecule has 116 valence electrons. The molecular formula is C16H20F3NO. The van der Waals surface area contributed by atoms with Gasteiger partial charge in [-0.1, -0.05) is 12.5 Å². The summed E-state index contributed by atoms with van der Waals surface area (Å²) in [6.07, 6.45) is -0.610. The van der Waals surface area contributed by atoms with Crippen LogP contribution < -0.4 is 0 Å². The third-order valence-corrected chi connectivity index (χ3v) is 4.97. The van der Waals surface area contributed by atoms with Crippen molar-refractivity contribution in [2.75, 3.05) is 13.1 Å². The van der Waals surface area contributed by atoms with Crippen LogP contribution in [0.25, 0.3) is 0 Å². The van der Waals surface area contributed by atoms with E-state index in [9.17, 15) is 18.3 Å². The summed E-state index contributed by atoms with van der Waals surface area (Å²) in [5.41, 5.74) is -0.468. The minimum Gasteiger partial charge on any atom is -0.383 e. The fraction of sp³-hybridized carbons (Fsp3) is 0.625. The Morgan fingerprint density at radius 3 is 2.67 bits per heavy atom. The van der Waals surface area contributed by atoms with Crippen LogP contribution in [0.1, 0.15) is 42.4 Å². The van der Waals surface area contributed by atoms with Crippen molar-refractivity contribution in [1.29, 1.82) is 0 Å². The Kier molecular flexibility index (Phi) is 3.53. The van der Waals surface area contributed by atoms with E-state index in [1.54, 1.807) is 6.92 Å². The van der Waals surface area contributed by atoms with E-state index >= 15 is 0 Å². The number of hydrogen-bond acceptors (Lipinski definition) is 2. The van der Waals surface area contributed by atoms with Crippen LogP contribution in [0.5, 0.6) is 0 Å². The Morgan fingerprint density at radius 1 is 1.24 bits per heavy atom. The van der Waals surface area contributed by atoms with Crippen LogP contribution in [0, 0.1) is 6.92 Å². The van der Waals surface area contributed by atoms with Crippen molar-refractivity contribution in [3.8, 4) is 0 Å². The highest BCUT2D eigenvalue weighted by Gasteiger charge is 2.48. The predicted molar refractivity (Wildman–Crippen MR) is 73.9 cm³/mol. The molecule has 1 aromatic rings. The molecule has 2 fully saturated rings. The van der Waals surface area contributed by atoms with Crippen LogP contribution in [0.15, 0.2) is 18.2 Å². The Hall–Kier alpha value is -1.07. The molecule has 2 atom stereocenters. The minimum atomic E-state index is -4.33. The standard InChI is InChI=1S/C16H20F3NO/c1-11-10-12(16(17,18)19)5-6-13(11)15(21)7-9-20-8-3-2-4-14(15)20/h5-6,10,14,21H,2-4,7-9H2,1H3. The fourth-order valence-corrected chi connectivity index (χ4v) is 3.92. The summed E-state index contributed by atoms with van der Waals surface area (Å²) < 4.78 is 38.3. The van der Waals surface area contributed by atoms with Gasteiger partial charge >= 0.3 is 6.18 Å². The molecule has 0 aromatic heterocycles. The molecule has 2 saturated heterocycles. The second kappa shape index (κ2) is 4.99. The van der Waals surface area contributed by atoms with Crippen molar-refractivity contribution in [2.45, 2.75) is 50.4 Å². The molecule has 21 heavy (non-hydrogen) atoms. The average molecular weight is 299 g/mol. The van der Waals surface area contributed by atoms with E-state index in [2.05, 4.69) is 4.90 Å². The lowest BCUT2D eigenvalue weighted by molar-refractivity contribution is -0.137. The first-order valence-corrected chi connectivity index (χ1v) is 7.47. The number of benzene rings is 1. The molecule has 5 heteroatoms. The second-order valence-corrected chi connectivity index (χ2v) is 6.25. The van der Waals surface area contributed by atoms with Gasteiger partial charge in [-0.05, 0) is 56.0 Å². The Bertz CT molecular complexity index is 543. The van der Waals surface area contributed by atoms with Crippen LogP contribution in [-0.2, 0) is 11.8 Å². The molecule has 0 spiro atoms. The number of fused-ring (bicyclic) bond motifs is 1. The van der Waals surface area contributed by atoms with Gasteiger partial charge in [0.25, 0.3) is 0 Å². The Morgan fingerprint density at radius 2 is 2.00 bits per heavy atom. The molecular weight excluding hydrogens is 279 g/mol. The van der Waals surface area contributed by atoms with Crippen LogP contribution in [0.4, 0.5) is 13.2 Å². The first kappa shape index (κ1) is 14.9. The van der Waals surface area contributed by atoms with E-state index < -0.39 is 17.3 Å². The number of nitrogens with zero attached hydrogens (tertiary/aromatic N) is 1. The van der Waals surface area contributed by atoms with E-state index in [1.807, 2.05) is 0 Å². The summed E-state index contributed by atoms with van der Waals surface area (Å²) in [5, 5.41) is 11.1. The van der Waals surface area contributed by atoms with E-state index in [-0.39, 0.29) is 6.04 Å². The maximum Gasteiger partial charge on any atom is 0.416 e. The van der Waals surface area contributed by atoms with Crippen LogP contribution in [-0.4, -0.2) is 29.1 Å². The summed E-state index contributed by atoms with van der Waals surface area (Å²) in [6.45, 7) is 3.46. The predicted octanol–water partition coefficient (Wildman–Crippen LogP) is 3.46. The zero-order valence-corrected chi connectivity index (χ0v) is 12.1. The fourth-order valence-electron chi connectivity index (χ4n) is 3.92. The van der Waals surface area contributed by atoms with Gasteiger partial charge in [-0.2, -0.15) is 13.2 Å². The third-order valence-electron chi connectivity index (χ3n) is 4.97. The lowest BCUT2D eigenvalue weighted by Crippen LogP contribution is -2.45. The molecule has 0 aliphatic carbocycles. The van der Waals surface area contributed by atoms with Crippen LogP contribution >= 0.6 is 0 Å². The number of rotatable bonds is 1. The van der Waals surface area contributed by atoms with Crippen molar-refractivity contribution in [3.05, 3.63) is 34.9 Å². The van der Waals surface area contributed by atoms with Crippen LogP contribution in [0.2, 0.25) is 0 Å². The molecule has 2 aliphatic rings. The highest BCUT2D eigenvalue weighted by atomic mass is 19.4. The van der Waals surface area contributed by atoms with Gasteiger partial charge in [-0.25, -0.2) is 0 Å². The van der Waals surface area contributed by atoms with E-state index in [1.165, 1.54) is 6.07 Å². The van der Waals surface area contributed by atoms with Gasteiger partial charge in [0.05, 0.1) is 5.56 Å². The van der Waals surface area contributed by atoms with Gasteiger partial charge < -0.3 is 5.11 Å². The van der Waals surface area contributed by atoms with E-state index in [4.69, 9.17) is 0 Å². The van der Waals surface area contributed by atoms with Crippen molar-refractivity contribution in [3.63, 3.8) is 0 Å². The van der Waals surface area contributed by atoms with Crippen molar-refractivity contribution in [2.24, 2.45) is 0 Å². The summed E-state index contributed by atoms with van der Waals surface area (Å²) in [7, 11) is 0. The largest absolute Gasteiger partial charge is 0.416 e. The SMILES string of the molecule is Cc1cc(C(F)(F)F)ccc1C1(O)CCN2CCCCC21. The van der Waals surface area contributed by atoms with Crippen LogP contribution in [0.3, 0.4) is 0 Å². The molecule has 0 radical (unpaired) electrons. The van der Waals surface area contributed by atoms with Crippen molar-refractivity contribution >= 4 is 0 Å². The maximum absolute atomic E-state index is 12.8. The molecule has 0 bridgehead atoms. The zero-order valence-electron chi connectivity index (χ0n) is 12.1. The molecule has 2 unspecified atom stereocenters. The monoisotopic (exact) mass is 299 g/mol. The van der Waals surface area contributed by atoms with Crippen molar-refractivity contribution in [1.82, 2.24) is 4.90 Å². The number of aryl methyl sites for hydroxylation is 1. The van der Waals surface area contributed by atoms with E-state index in [0.717, 1.165) is 44.5 Å². The molecule has 3 rings (SSSR count). The summed E-state index contributed by atoms with van der Waals surface area (Å²) in [6, 6.07) is 3.75. The van der Waals surface area contributed by atoms with Gasteiger partial charge in [0.1, 0.15) is 5.60 Å². The first-order chi connectivity index (χ1) is 9.82. The molecule has 2 nitrogen and oxygen atoms in total. The van der Waals surface area contributed by atoms with Gasteiger partial charge in [0.2, 0.25) is 0 Å². The van der Waals surface area contributed by atoms with Gasteiger partial charge in [0.15, 0.2) is 0 Å². The summed E-state index contributed by atoms with van der Waals surface area (Å²) in [5.74, 6) is 0. The lowest BCUT2D eigenvalue weighted by Gasteiger charge is -2.38. The van der Waals surface area contributed by atoms with Gasteiger partial charge in [0, 0.05) is 12.6 Å².